The Labute approximate surface area is 141 Å². The molecule has 0 amide bonds. The summed E-state index contributed by atoms with van der Waals surface area (Å²) in [6, 6.07) is 6.54. The molecule has 1 aliphatic heterocycles. The average Bonchev–Trinajstić information content (AvgIpc) is 3.13. The third-order valence-electron chi connectivity index (χ3n) is 4.75. The molecule has 1 atom stereocenters. The Hall–Kier alpha value is -2.18. The first-order valence-electron chi connectivity index (χ1n) is 8.45. The Morgan fingerprint density at radius 1 is 1.33 bits per heavy atom. The van der Waals surface area contributed by atoms with Crippen LogP contribution in [0.15, 0.2) is 36.9 Å². The average molecular weight is 325 g/mol. The number of ether oxygens (including phenoxy) is 1. The molecule has 4 rings (SSSR count). The molecule has 126 valence electrons. The first-order valence-corrected chi connectivity index (χ1v) is 8.45. The van der Waals surface area contributed by atoms with Crippen LogP contribution in [0.4, 0.5) is 0 Å². The van der Waals surface area contributed by atoms with Gasteiger partial charge in [-0.15, -0.1) is 0 Å². The predicted molar refractivity (Wildman–Crippen MR) is 92.6 cm³/mol. The molecule has 1 saturated heterocycles. The first-order chi connectivity index (χ1) is 11.8. The van der Waals surface area contributed by atoms with Crippen molar-refractivity contribution < 1.29 is 4.74 Å². The molecule has 1 N–H and O–H groups in total. The Bertz CT molecular complexity index is 808. The van der Waals surface area contributed by atoms with Gasteiger partial charge in [-0.25, -0.2) is 4.98 Å². The van der Waals surface area contributed by atoms with Gasteiger partial charge in [-0.1, -0.05) is 6.07 Å². The van der Waals surface area contributed by atoms with E-state index in [0.717, 1.165) is 44.8 Å². The standard InChI is InChI=1S/C18H23N5O/c1-22-13-19-9-17(22)11-23-4-5-24-12-15(10-23)6-14-2-3-18-16(7-14)8-20-21-18/h2-3,7-9,13,15H,4-6,10-12H2,1H3,(H,20,21)/t15-/m0/s1. The molecule has 0 unspecified atom stereocenters. The minimum Gasteiger partial charge on any atom is -0.380 e. The molecular weight excluding hydrogens is 302 g/mol. The van der Waals surface area contributed by atoms with E-state index in [0.29, 0.717) is 5.92 Å². The Morgan fingerprint density at radius 3 is 3.17 bits per heavy atom. The number of fused-ring (bicyclic) bond motifs is 1. The molecule has 6 heteroatoms. The summed E-state index contributed by atoms with van der Waals surface area (Å²) in [7, 11) is 2.05. The van der Waals surface area contributed by atoms with E-state index in [1.54, 1.807) is 0 Å². The van der Waals surface area contributed by atoms with E-state index >= 15 is 0 Å². The van der Waals surface area contributed by atoms with Crippen LogP contribution in [0.3, 0.4) is 0 Å². The van der Waals surface area contributed by atoms with Gasteiger partial charge >= 0.3 is 0 Å². The van der Waals surface area contributed by atoms with E-state index in [2.05, 4.69) is 42.8 Å². The van der Waals surface area contributed by atoms with E-state index in [1.165, 1.54) is 16.6 Å². The van der Waals surface area contributed by atoms with Crippen LogP contribution in [0.1, 0.15) is 11.3 Å². The maximum atomic E-state index is 5.85. The largest absolute Gasteiger partial charge is 0.380 e. The van der Waals surface area contributed by atoms with Crippen molar-refractivity contribution in [2.75, 3.05) is 26.3 Å². The van der Waals surface area contributed by atoms with Crippen molar-refractivity contribution in [1.82, 2.24) is 24.6 Å². The Morgan fingerprint density at radius 2 is 2.29 bits per heavy atom. The summed E-state index contributed by atoms with van der Waals surface area (Å²) in [4.78, 5) is 6.69. The van der Waals surface area contributed by atoms with Crippen LogP contribution in [0, 0.1) is 5.92 Å². The highest BCUT2D eigenvalue weighted by atomic mass is 16.5. The van der Waals surface area contributed by atoms with Crippen molar-refractivity contribution in [3.05, 3.63) is 48.2 Å². The molecule has 1 aliphatic rings. The van der Waals surface area contributed by atoms with Crippen molar-refractivity contribution in [3.8, 4) is 0 Å². The highest BCUT2D eigenvalue weighted by Crippen LogP contribution is 2.19. The summed E-state index contributed by atoms with van der Waals surface area (Å²) < 4.78 is 7.94. The number of hydrogen-bond donors (Lipinski definition) is 1. The monoisotopic (exact) mass is 325 g/mol. The quantitative estimate of drug-likeness (QED) is 0.797. The number of imidazole rings is 1. The lowest BCUT2D eigenvalue weighted by atomic mass is 9.98. The van der Waals surface area contributed by atoms with E-state index in [4.69, 9.17) is 4.74 Å². The fourth-order valence-electron chi connectivity index (χ4n) is 3.44. The Balaban J connectivity index is 1.44. The van der Waals surface area contributed by atoms with Gasteiger partial charge in [0.1, 0.15) is 0 Å². The third kappa shape index (κ3) is 3.34. The van der Waals surface area contributed by atoms with Crippen molar-refractivity contribution in [2.45, 2.75) is 13.0 Å². The highest BCUT2D eigenvalue weighted by molar-refractivity contribution is 5.78. The SMILES string of the molecule is Cn1cncc1CN1CCOC[C@@H](Cc2ccc3[nH]ncc3c2)C1. The molecule has 0 spiro atoms. The predicted octanol–water partition coefficient (Wildman–Crippen LogP) is 1.99. The fraction of sp³-hybridized carbons (Fsp3) is 0.444. The van der Waals surface area contributed by atoms with Crippen LogP contribution < -0.4 is 0 Å². The number of benzene rings is 1. The van der Waals surface area contributed by atoms with Gasteiger partial charge in [0.05, 0.1) is 36.9 Å². The molecule has 0 saturated carbocycles. The van der Waals surface area contributed by atoms with Crippen LogP contribution in [0.2, 0.25) is 0 Å². The van der Waals surface area contributed by atoms with Crippen LogP contribution in [-0.2, 0) is 24.8 Å². The van der Waals surface area contributed by atoms with Crippen LogP contribution in [-0.4, -0.2) is 51.0 Å². The van der Waals surface area contributed by atoms with Crippen LogP contribution in [0.5, 0.6) is 0 Å². The van der Waals surface area contributed by atoms with Crippen LogP contribution >= 0.6 is 0 Å². The zero-order chi connectivity index (χ0) is 16.4. The normalized spacial score (nSPS) is 19.6. The summed E-state index contributed by atoms with van der Waals surface area (Å²) >= 11 is 0. The minimum atomic E-state index is 0.505. The molecule has 1 fully saturated rings. The fourth-order valence-corrected chi connectivity index (χ4v) is 3.44. The zero-order valence-corrected chi connectivity index (χ0v) is 14.0. The number of aryl methyl sites for hydroxylation is 1. The lowest BCUT2D eigenvalue weighted by molar-refractivity contribution is 0.121. The maximum absolute atomic E-state index is 5.85. The van der Waals surface area contributed by atoms with Gasteiger partial charge in [-0.3, -0.25) is 10.00 Å². The second kappa shape index (κ2) is 6.75. The number of aromatic amines is 1. The molecule has 3 aromatic rings. The van der Waals surface area contributed by atoms with Crippen molar-refractivity contribution in [3.63, 3.8) is 0 Å². The van der Waals surface area contributed by atoms with Gasteiger partial charge in [-0.2, -0.15) is 5.10 Å². The molecule has 0 radical (unpaired) electrons. The van der Waals surface area contributed by atoms with Gasteiger partial charge in [0.15, 0.2) is 0 Å². The maximum Gasteiger partial charge on any atom is 0.0945 e. The highest BCUT2D eigenvalue weighted by Gasteiger charge is 2.20. The van der Waals surface area contributed by atoms with E-state index < -0.39 is 0 Å². The van der Waals surface area contributed by atoms with E-state index in [-0.39, 0.29) is 0 Å². The molecule has 2 aromatic heterocycles. The molecule has 3 heterocycles. The molecule has 1 aromatic carbocycles. The van der Waals surface area contributed by atoms with Crippen molar-refractivity contribution >= 4 is 10.9 Å². The Kier molecular flexibility index (Phi) is 4.32. The number of hydrogen-bond acceptors (Lipinski definition) is 4. The zero-order valence-electron chi connectivity index (χ0n) is 14.0. The number of nitrogens with zero attached hydrogens (tertiary/aromatic N) is 4. The van der Waals surface area contributed by atoms with E-state index in [9.17, 15) is 0 Å². The minimum absolute atomic E-state index is 0.505. The second-order valence-electron chi connectivity index (χ2n) is 6.67. The smallest absolute Gasteiger partial charge is 0.0945 e. The third-order valence-corrected chi connectivity index (χ3v) is 4.75. The van der Waals surface area contributed by atoms with Crippen molar-refractivity contribution in [1.29, 1.82) is 0 Å². The summed E-state index contributed by atoms with van der Waals surface area (Å²) in [6.07, 6.45) is 6.73. The number of H-pyrrole nitrogens is 1. The lowest BCUT2D eigenvalue weighted by Crippen LogP contribution is -2.31. The number of nitrogens with one attached hydrogen (secondary N) is 1. The van der Waals surface area contributed by atoms with Gasteiger partial charge in [0.2, 0.25) is 0 Å². The summed E-state index contributed by atoms with van der Waals surface area (Å²) in [6.45, 7) is 4.58. The van der Waals surface area contributed by atoms with E-state index in [1.807, 2.05) is 25.8 Å². The van der Waals surface area contributed by atoms with Gasteiger partial charge < -0.3 is 9.30 Å². The molecular formula is C18H23N5O. The lowest BCUT2D eigenvalue weighted by Gasteiger charge is -2.23. The number of aromatic nitrogens is 4. The van der Waals surface area contributed by atoms with Gasteiger partial charge in [0.25, 0.3) is 0 Å². The van der Waals surface area contributed by atoms with Crippen LogP contribution in [0.25, 0.3) is 10.9 Å². The molecule has 6 nitrogen and oxygen atoms in total. The molecule has 0 aliphatic carbocycles. The summed E-state index contributed by atoms with van der Waals surface area (Å²) in [5.74, 6) is 0.505. The molecule has 24 heavy (non-hydrogen) atoms. The topological polar surface area (TPSA) is 59.0 Å². The summed E-state index contributed by atoms with van der Waals surface area (Å²) in [5, 5.41) is 8.28. The van der Waals surface area contributed by atoms with Gasteiger partial charge in [0, 0.05) is 38.3 Å². The molecule has 0 bridgehead atoms. The van der Waals surface area contributed by atoms with Gasteiger partial charge in [-0.05, 0) is 30.0 Å². The first kappa shape index (κ1) is 15.4. The van der Waals surface area contributed by atoms with Crippen molar-refractivity contribution in [2.24, 2.45) is 13.0 Å². The summed E-state index contributed by atoms with van der Waals surface area (Å²) in [5.41, 5.74) is 3.68. The second-order valence-corrected chi connectivity index (χ2v) is 6.67. The number of rotatable bonds is 4.